The minimum atomic E-state index is -0.905. The van der Waals surface area contributed by atoms with Gasteiger partial charge in [-0.15, -0.1) is 11.3 Å². The standard InChI is InChI=1S/C27H33N5O5S/c1-14(2)24(22-9-15(3)31-37-22)27(36)32-12-19(33)10-21(32)26(35)30-20(11-23(28)34)17-5-7-18(8-6-17)25-16(4)29-13-38-25/h5-9,13-14,19-21,24,33H,10-12H2,1-4H3,(H2,28,34)(H,30,35)/t19-,20+,21+,24-/m1/s1. The first kappa shape index (κ1) is 27.5. The van der Waals surface area contributed by atoms with Crippen LogP contribution in [-0.4, -0.2) is 56.6 Å². The number of hydrogen-bond donors (Lipinski definition) is 3. The highest BCUT2D eigenvalue weighted by atomic mass is 32.1. The van der Waals surface area contributed by atoms with E-state index in [1.807, 2.05) is 45.0 Å². The van der Waals surface area contributed by atoms with E-state index in [0.717, 1.165) is 16.1 Å². The van der Waals surface area contributed by atoms with Gasteiger partial charge in [0.15, 0.2) is 0 Å². The number of hydrogen-bond acceptors (Lipinski definition) is 8. The Morgan fingerprint density at radius 1 is 1.24 bits per heavy atom. The molecule has 4 N–H and O–H groups in total. The van der Waals surface area contributed by atoms with Gasteiger partial charge >= 0.3 is 0 Å². The molecule has 10 nitrogen and oxygen atoms in total. The molecule has 4 rings (SSSR count). The summed E-state index contributed by atoms with van der Waals surface area (Å²) in [6, 6.07) is 7.63. The Kier molecular flexibility index (Phi) is 8.27. The van der Waals surface area contributed by atoms with Gasteiger partial charge in [0.1, 0.15) is 17.7 Å². The molecule has 0 spiro atoms. The van der Waals surface area contributed by atoms with Crippen LogP contribution in [0.3, 0.4) is 0 Å². The lowest BCUT2D eigenvalue weighted by atomic mass is 9.91. The number of rotatable bonds is 9. The van der Waals surface area contributed by atoms with E-state index in [1.165, 1.54) is 16.2 Å². The third-order valence-corrected chi connectivity index (χ3v) is 7.77. The number of amides is 3. The minimum Gasteiger partial charge on any atom is -0.391 e. The number of nitrogens with one attached hydrogen (secondary N) is 1. The molecule has 0 bridgehead atoms. The molecule has 2 aromatic heterocycles. The zero-order valence-corrected chi connectivity index (χ0v) is 22.7. The van der Waals surface area contributed by atoms with Gasteiger partial charge in [0.25, 0.3) is 0 Å². The molecule has 11 heteroatoms. The molecule has 1 aliphatic rings. The summed E-state index contributed by atoms with van der Waals surface area (Å²) in [5.74, 6) is -1.70. The summed E-state index contributed by atoms with van der Waals surface area (Å²) in [5.41, 5.74) is 10.6. The van der Waals surface area contributed by atoms with Crippen LogP contribution in [0.25, 0.3) is 10.4 Å². The molecule has 0 aliphatic carbocycles. The van der Waals surface area contributed by atoms with E-state index in [0.29, 0.717) is 17.0 Å². The molecule has 38 heavy (non-hydrogen) atoms. The van der Waals surface area contributed by atoms with Crippen LogP contribution in [0.1, 0.15) is 61.4 Å². The van der Waals surface area contributed by atoms with Gasteiger partial charge in [0, 0.05) is 19.0 Å². The number of benzene rings is 1. The lowest BCUT2D eigenvalue weighted by molar-refractivity contribution is -0.141. The van der Waals surface area contributed by atoms with E-state index < -0.39 is 35.9 Å². The van der Waals surface area contributed by atoms with Crippen LogP contribution in [0.15, 0.2) is 40.4 Å². The Hall–Kier alpha value is -3.57. The average Bonchev–Trinajstić information content (AvgIpc) is 3.58. The summed E-state index contributed by atoms with van der Waals surface area (Å²) in [4.78, 5) is 45.7. The topological polar surface area (TPSA) is 152 Å². The van der Waals surface area contributed by atoms with Crippen LogP contribution in [0.2, 0.25) is 0 Å². The molecule has 3 aromatic rings. The van der Waals surface area contributed by atoms with Crippen LogP contribution in [0.5, 0.6) is 0 Å². The maximum atomic E-state index is 13.6. The Labute approximate surface area is 225 Å². The highest BCUT2D eigenvalue weighted by molar-refractivity contribution is 7.13. The molecule has 3 heterocycles. The highest BCUT2D eigenvalue weighted by Crippen LogP contribution is 2.32. The lowest BCUT2D eigenvalue weighted by Gasteiger charge is -2.30. The highest BCUT2D eigenvalue weighted by Gasteiger charge is 2.43. The number of carbonyl (C=O) groups excluding carboxylic acids is 3. The number of primary amides is 1. The lowest BCUT2D eigenvalue weighted by Crippen LogP contribution is -2.49. The summed E-state index contributed by atoms with van der Waals surface area (Å²) >= 11 is 1.54. The molecular weight excluding hydrogens is 506 g/mol. The number of carbonyl (C=O) groups is 3. The van der Waals surface area contributed by atoms with Gasteiger partial charge in [-0.1, -0.05) is 43.3 Å². The molecular formula is C27H33N5O5S. The van der Waals surface area contributed by atoms with E-state index in [-0.39, 0.29) is 31.2 Å². The van der Waals surface area contributed by atoms with Crippen LogP contribution < -0.4 is 11.1 Å². The number of nitrogens with zero attached hydrogens (tertiary/aromatic N) is 3. The van der Waals surface area contributed by atoms with Crippen LogP contribution in [0.4, 0.5) is 0 Å². The van der Waals surface area contributed by atoms with Crippen molar-refractivity contribution in [3.05, 3.63) is 58.6 Å². The molecule has 1 aliphatic heterocycles. The second-order valence-electron chi connectivity index (χ2n) is 10.1. The Morgan fingerprint density at radius 3 is 2.50 bits per heavy atom. The number of aromatic nitrogens is 2. The number of β-amino-alcohol motifs (C(OH)–C–C–N with tert-alkyl or cyclic N) is 1. The SMILES string of the molecule is Cc1cc([C@H](C(=O)N2C[C@H](O)C[C@H]2C(=O)N[C@@H](CC(N)=O)c2ccc(-c3scnc3C)cc2)C(C)C)on1. The number of nitrogens with two attached hydrogens (primary N) is 1. The molecule has 3 amide bonds. The summed E-state index contributed by atoms with van der Waals surface area (Å²) in [6.07, 6.45) is -0.875. The summed E-state index contributed by atoms with van der Waals surface area (Å²) in [6.45, 7) is 7.52. The van der Waals surface area contributed by atoms with Crippen molar-refractivity contribution in [3.63, 3.8) is 0 Å². The maximum absolute atomic E-state index is 13.6. The molecule has 0 unspecified atom stereocenters. The van der Waals surface area contributed by atoms with Crippen molar-refractivity contribution in [1.82, 2.24) is 20.4 Å². The average molecular weight is 540 g/mol. The number of thiazole rings is 1. The van der Waals surface area contributed by atoms with Gasteiger partial charge in [0.05, 0.1) is 40.3 Å². The van der Waals surface area contributed by atoms with Crippen molar-refractivity contribution in [3.8, 4) is 10.4 Å². The van der Waals surface area contributed by atoms with E-state index in [9.17, 15) is 19.5 Å². The van der Waals surface area contributed by atoms with Crippen LogP contribution in [0, 0.1) is 19.8 Å². The van der Waals surface area contributed by atoms with Gasteiger partial charge < -0.3 is 25.6 Å². The maximum Gasteiger partial charge on any atom is 0.243 e. The predicted molar refractivity (Wildman–Crippen MR) is 142 cm³/mol. The molecule has 1 saturated heterocycles. The summed E-state index contributed by atoms with van der Waals surface area (Å²) < 4.78 is 5.39. The van der Waals surface area contributed by atoms with Crippen molar-refractivity contribution in [1.29, 1.82) is 0 Å². The quantitative estimate of drug-likeness (QED) is 0.378. The van der Waals surface area contributed by atoms with Crippen LogP contribution in [-0.2, 0) is 14.4 Å². The first-order valence-electron chi connectivity index (χ1n) is 12.6. The zero-order valence-electron chi connectivity index (χ0n) is 21.9. The zero-order chi connectivity index (χ0) is 27.6. The van der Waals surface area contributed by atoms with Gasteiger partial charge in [-0.3, -0.25) is 14.4 Å². The number of aliphatic hydroxyl groups excluding tert-OH is 1. The second-order valence-corrected chi connectivity index (χ2v) is 11.0. The smallest absolute Gasteiger partial charge is 0.243 e. The Morgan fingerprint density at radius 2 is 1.95 bits per heavy atom. The van der Waals surface area contributed by atoms with Gasteiger partial charge in [0.2, 0.25) is 17.7 Å². The molecule has 0 radical (unpaired) electrons. The van der Waals surface area contributed by atoms with Crippen LogP contribution >= 0.6 is 11.3 Å². The molecule has 1 fully saturated rings. The van der Waals surface area contributed by atoms with Crippen molar-refractivity contribution in [2.24, 2.45) is 11.7 Å². The molecule has 4 atom stereocenters. The largest absolute Gasteiger partial charge is 0.391 e. The molecule has 1 aromatic carbocycles. The van der Waals surface area contributed by atoms with Crippen molar-refractivity contribution >= 4 is 29.1 Å². The Balaban J connectivity index is 1.55. The first-order chi connectivity index (χ1) is 18.0. The molecule has 0 saturated carbocycles. The first-order valence-corrected chi connectivity index (χ1v) is 13.4. The fourth-order valence-electron chi connectivity index (χ4n) is 4.92. The van der Waals surface area contributed by atoms with Crippen molar-refractivity contribution < 1.29 is 24.0 Å². The third-order valence-electron chi connectivity index (χ3n) is 6.79. The number of likely N-dealkylation sites (tertiary alicyclic amines) is 1. The van der Waals surface area contributed by atoms with E-state index >= 15 is 0 Å². The monoisotopic (exact) mass is 539 g/mol. The number of aliphatic hydroxyl groups is 1. The third kappa shape index (κ3) is 5.94. The number of aryl methyl sites for hydroxylation is 2. The predicted octanol–water partition coefficient (Wildman–Crippen LogP) is 2.85. The van der Waals surface area contributed by atoms with E-state index in [4.69, 9.17) is 10.3 Å². The van der Waals surface area contributed by atoms with Crippen molar-refractivity contribution in [2.75, 3.05) is 6.54 Å². The fraction of sp³-hybridized carbons (Fsp3) is 0.444. The van der Waals surface area contributed by atoms with Gasteiger partial charge in [-0.25, -0.2) is 4.98 Å². The van der Waals surface area contributed by atoms with E-state index in [2.05, 4.69) is 15.5 Å². The van der Waals surface area contributed by atoms with Gasteiger partial charge in [-0.2, -0.15) is 0 Å². The minimum absolute atomic E-state index is 0.0244. The van der Waals surface area contributed by atoms with E-state index in [1.54, 1.807) is 18.5 Å². The summed E-state index contributed by atoms with van der Waals surface area (Å²) in [7, 11) is 0. The van der Waals surface area contributed by atoms with Crippen molar-refractivity contribution in [2.45, 2.75) is 64.6 Å². The van der Waals surface area contributed by atoms with Gasteiger partial charge in [-0.05, 0) is 30.9 Å². The second kappa shape index (κ2) is 11.4. The normalized spacial score (nSPS) is 18.9. The molecule has 202 valence electrons. The Bertz CT molecular complexity index is 1300. The fourth-order valence-corrected chi connectivity index (χ4v) is 5.73. The summed E-state index contributed by atoms with van der Waals surface area (Å²) in [5, 5.41) is 17.2.